The smallest absolute Gasteiger partial charge is 0.251 e. The molecule has 4 rings (SSSR count). The van der Waals surface area contributed by atoms with Crippen LogP contribution in [0.2, 0.25) is 0 Å². The average Bonchev–Trinajstić information content (AvgIpc) is 3.13. The quantitative estimate of drug-likeness (QED) is 0.735. The van der Waals surface area contributed by atoms with Crippen LogP contribution < -0.4 is 5.32 Å². The lowest BCUT2D eigenvalue weighted by Crippen LogP contribution is -2.33. The molecule has 1 aliphatic carbocycles. The summed E-state index contributed by atoms with van der Waals surface area (Å²) in [7, 11) is -3.87. The summed E-state index contributed by atoms with van der Waals surface area (Å²) >= 11 is 0. The number of rotatable bonds is 2. The fourth-order valence-electron chi connectivity index (χ4n) is 3.72. The first-order chi connectivity index (χ1) is 12.9. The van der Waals surface area contributed by atoms with Crippen LogP contribution in [-0.4, -0.2) is 26.2 Å². The lowest BCUT2D eigenvalue weighted by atomic mass is 10.0. The Morgan fingerprint density at radius 1 is 1.07 bits per heavy atom. The summed E-state index contributed by atoms with van der Waals surface area (Å²) < 4.78 is 25.8. The largest absolute Gasteiger partial charge is 0.349 e. The SMILES string of the molecule is N#C[C@H]1CC[C@@H](NC(=O)c2ccc3c(c2)S(=O)(=O)c2ccccc2C3=O)C1. The summed E-state index contributed by atoms with van der Waals surface area (Å²) in [6.45, 7) is 0. The van der Waals surface area contributed by atoms with Crippen molar-refractivity contribution in [2.24, 2.45) is 5.92 Å². The van der Waals surface area contributed by atoms with E-state index >= 15 is 0 Å². The molecule has 1 heterocycles. The first kappa shape index (κ1) is 17.4. The molecule has 0 unspecified atom stereocenters. The molecular weight excluding hydrogens is 364 g/mol. The Balaban J connectivity index is 1.68. The Kier molecular flexibility index (Phi) is 4.08. The summed E-state index contributed by atoms with van der Waals surface area (Å²) in [6.07, 6.45) is 2.06. The third-order valence-corrected chi connectivity index (χ3v) is 7.00. The number of hydrogen-bond donors (Lipinski definition) is 1. The van der Waals surface area contributed by atoms with Crippen molar-refractivity contribution in [1.29, 1.82) is 5.26 Å². The molecule has 136 valence electrons. The molecule has 27 heavy (non-hydrogen) atoms. The molecule has 1 saturated carbocycles. The fourth-order valence-corrected chi connectivity index (χ4v) is 5.40. The van der Waals surface area contributed by atoms with Gasteiger partial charge in [-0.15, -0.1) is 0 Å². The zero-order chi connectivity index (χ0) is 19.2. The maximum atomic E-state index is 12.9. The lowest BCUT2D eigenvalue weighted by molar-refractivity contribution is 0.0935. The molecule has 0 spiro atoms. The number of nitrogens with zero attached hydrogens (tertiary/aromatic N) is 1. The average molecular weight is 380 g/mol. The molecule has 1 amide bonds. The fraction of sp³-hybridized carbons (Fsp3) is 0.250. The van der Waals surface area contributed by atoms with Crippen molar-refractivity contribution in [2.75, 3.05) is 0 Å². The summed E-state index contributed by atoms with van der Waals surface area (Å²) in [5, 5.41) is 11.8. The Labute approximate surface area is 156 Å². The van der Waals surface area contributed by atoms with Crippen LogP contribution in [0.3, 0.4) is 0 Å². The van der Waals surface area contributed by atoms with Gasteiger partial charge in [-0.25, -0.2) is 8.42 Å². The van der Waals surface area contributed by atoms with Gasteiger partial charge in [0.2, 0.25) is 9.84 Å². The van der Waals surface area contributed by atoms with Crippen LogP contribution in [0.15, 0.2) is 52.3 Å². The van der Waals surface area contributed by atoms with Gasteiger partial charge in [-0.05, 0) is 49.6 Å². The van der Waals surface area contributed by atoms with Crippen molar-refractivity contribution in [2.45, 2.75) is 35.1 Å². The molecule has 0 bridgehead atoms. The molecule has 2 aromatic carbocycles. The minimum absolute atomic E-state index is 0.0345. The summed E-state index contributed by atoms with van der Waals surface area (Å²) in [6, 6.07) is 12.3. The highest BCUT2D eigenvalue weighted by atomic mass is 32.2. The molecule has 0 aromatic heterocycles. The molecule has 1 aliphatic heterocycles. The number of benzene rings is 2. The van der Waals surface area contributed by atoms with E-state index in [4.69, 9.17) is 5.26 Å². The van der Waals surface area contributed by atoms with Crippen molar-refractivity contribution >= 4 is 21.5 Å². The maximum Gasteiger partial charge on any atom is 0.251 e. The predicted octanol–water partition coefficient (Wildman–Crippen LogP) is 2.49. The van der Waals surface area contributed by atoms with Crippen molar-refractivity contribution in [3.05, 3.63) is 59.2 Å². The van der Waals surface area contributed by atoms with Gasteiger partial charge < -0.3 is 5.32 Å². The molecule has 2 aliphatic rings. The van der Waals surface area contributed by atoms with E-state index in [1.165, 1.54) is 30.3 Å². The molecule has 2 atom stereocenters. The minimum atomic E-state index is -3.87. The zero-order valence-electron chi connectivity index (χ0n) is 14.3. The van der Waals surface area contributed by atoms with Crippen molar-refractivity contribution in [1.82, 2.24) is 5.32 Å². The first-order valence-electron chi connectivity index (χ1n) is 8.65. The van der Waals surface area contributed by atoms with Crippen LogP contribution in [0.4, 0.5) is 0 Å². The van der Waals surface area contributed by atoms with Gasteiger partial charge in [-0.3, -0.25) is 9.59 Å². The van der Waals surface area contributed by atoms with Gasteiger partial charge in [0.05, 0.1) is 15.9 Å². The second kappa shape index (κ2) is 6.32. The Hall–Kier alpha value is -2.98. The van der Waals surface area contributed by atoms with Crippen LogP contribution in [-0.2, 0) is 9.84 Å². The van der Waals surface area contributed by atoms with Crippen LogP contribution in [0.5, 0.6) is 0 Å². The van der Waals surface area contributed by atoms with Gasteiger partial charge in [-0.1, -0.05) is 12.1 Å². The van der Waals surface area contributed by atoms with Crippen LogP contribution in [0.25, 0.3) is 0 Å². The molecule has 7 heteroatoms. The summed E-state index contributed by atoms with van der Waals surface area (Å²) in [4.78, 5) is 25.0. The molecular formula is C20H16N2O4S. The molecule has 1 fully saturated rings. The maximum absolute atomic E-state index is 12.9. The molecule has 1 N–H and O–H groups in total. The molecule has 0 saturated heterocycles. The molecule has 0 radical (unpaired) electrons. The predicted molar refractivity (Wildman–Crippen MR) is 96.0 cm³/mol. The molecule has 2 aromatic rings. The second-order valence-electron chi connectivity index (χ2n) is 6.85. The van der Waals surface area contributed by atoms with Gasteiger partial charge in [0, 0.05) is 28.7 Å². The second-order valence-corrected chi connectivity index (χ2v) is 8.74. The van der Waals surface area contributed by atoms with E-state index in [1.54, 1.807) is 12.1 Å². The van der Waals surface area contributed by atoms with Crippen LogP contribution >= 0.6 is 0 Å². The third-order valence-electron chi connectivity index (χ3n) is 5.15. The number of carbonyl (C=O) groups is 2. The number of nitriles is 1. The number of sulfone groups is 1. The summed E-state index contributed by atoms with van der Waals surface area (Å²) in [5.41, 5.74) is 0.413. The number of hydrogen-bond acceptors (Lipinski definition) is 5. The van der Waals surface area contributed by atoms with E-state index in [-0.39, 0.29) is 44.2 Å². The van der Waals surface area contributed by atoms with E-state index in [1.807, 2.05) is 0 Å². The third kappa shape index (κ3) is 2.82. The van der Waals surface area contributed by atoms with Gasteiger partial charge in [-0.2, -0.15) is 5.26 Å². The number of nitrogens with one attached hydrogen (secondary N) is 1. The molecule has 6 nitrogen and oxygen atoms in total. The van der Waals surface area contributed by atoms with Gasteiger partial charge >= 0.3 is 0 Å². The van der Waals surface area contributed by atoms with E-state index in [0.29, 0.717) is 6.42 Å². The van der Waals surface area contributed by atoms with Gasteiger partial charge in [0.1, 0.15) is 0 Å². The van der Waals surface area contributed by atoms with E-state index < -0.39 is 15.7 Å². The number of ketones is 1. The minimum Gasteiger partial charge on any atom is -0.349 e. The van der Waals surface area contributed by atoms with Crippen LogP contribution in [0, 0.1) is 17.2 Å². The van der Waals surface area contributed by atoms with Crippen LogP contribution in [0.1, 0.15) is 45.5 Å². The van der Waals surface area contributed by atoms with E-state index in [9.17, 15) is 18.0 Å². The standard InChI is InChI=1S/C20H16N2O4S/c21-11-12-5-7-14(9-12)22-20(24)13-6-8-16-18(10-13)27(25,26)17-4-2-1-3-15(17)19(16)23/h1-4,6,8,10,12,14H,5,7,9H2,(H,22,24)/t12-,14+/m0/s1. The highest BCUT2D eigenvalue weighted by Crippen LogP contribution is 2.35. The van der Waals surface area contributed by atoms with Crippen molar-refractivity contribution < 1.29 is 18.0 Å². The Bertz CT molecular complexity index is 1120. The van der Waals surface area contributed by atoms with Gasteiger partial charge in [0.25, 0.3) is 5.91 Å². The van der Waals surface area contributed by atoms with E-state index in [2.05, 4.69) is 11.4 Å². The first-order valence-corrected chi connectivity index (χ1v) is 10.1. The summed E-state index contributed by atoms with van der Waals surface area (Å²) in [5.74, 6) is -0.828. The number of amides is 1. The van der Waals surface area contributed by atoms with Crippen molar-refractivity contribution in [3.8, 4) is 6.07 Å². The number of carbonyl (C=O) groups excluding carboxylic acids is 2. The monoisotopic (exact) mass is 380 g/mol. The van der Waals surface area contributed by atoms with E-state index in [0.717, 1.165) is 12.8 Å². The highest BCUT2D eigenvalue weighted by Gasteiger charge is 2.35. The number of fused-ring (bicyclic) bond motifs is 2. The Morgan fingerprint density at radius 2 is 1.81 bits per heavy atom. The topological polar surface area (TPSA) is 104 Å². The Morgan fingerprint density at radius 3 is 2.56 bits per heavy atom. The zero-order valence-corrected chi connectivity index (χ0v) is 15.1. The highest BCUT2D eigenvalue weighted by molar-refractivity contribution is 7.91. The van der Waals surface area contributed by atoms with Gasteiger partial charge in [0.15, 0.2) is 5.78 Å². The normalized spacial score (nSPS) is 22.4. The lowest BCUT2D eigenvalue weighted by Gasteiger charge is -2.19. The van der Waals surface area contributed by atoms with Crippen molar-refractivity contribution in [3.63, 3.8) is 0 Å².